The molecule has 0 aliphatic rings. The average molecular weight is 1900 g/mol. The lowest BCUT2D eigenvalue weighted by molar-refractivity contribution is 0.623. The second-order valence-corrected chi connectivity index (χ2v) is 38.5. The Labute approximate surface area is 846 Å². The molecule has 0 spiro atoms. The lowest BCUT2D eigenvalue weighted by Crippen LogP contribution is -2.00. The molecule has 22 aromatic carbocycles. The fourth-order valence-corrected chi connectivity index (χ4v) is 22.2. The van der Waals surface area contributed by atoms with Gasteiger partial charge in [-0.1, -0.05) is 394 Å². The van der Waals surface area contributed by atoms with Crippen LogP contribution in [0.5, 0.6) is 0 Å². The molecule has 0 saturated carbocycles. The van der Waals surface area contributed by atoms with Crippen LogP contribution in [0.3, 0.4) is 0 Å². The maximum atomic E-state index is 6.38. The summed E-state index contributed by atoms with van der Waals surface area (Å²) >= 11 is 3.49. The van der Waals surface area contributed by atoms with Crippen LogP contribution in [0.4, 0.5) is 0 Å². The van der Waals surface area contributed by atoms with Crippen LogP contribution in [0.2, 0.25) is 0 Å². The summed E-state index contributed by atoms with van der Waals surface area (Å²) in [5.74, 6) is 3.97. The zero-order valence-corrected chi connectivity index (χ0v) is 80.0. The Bertz CT molecular complexity index is 9950. The van der Waals surface area contributed by atoms with E-state index in [2.05, 4.69) is 326 Å². The number of thiazole rings is 2. The maximum Gasteiger partial charge on any atom is 0.227 e. The largest absolute Gasteiger partial charge is 0.435 e. The van der Waals surface area contributed by atoms with Gasteiger partial charge in [0.15, 0.2) is 34.7 Å². The number of oxazole rings is 1. The number of fused-ring (bicyclic) bond motifs is 19. The number of hydrogen-bond donors (Lipinski definition) is 0. The molecule has 0 saturated heterocycles. The molecule has 7 heterocycles. The van der Waals surface area contributed by atoms with Crippen molar-refractivity contribution in [3.8, 4) is 151 Å². The highest BCUT2D eigenvalue weighted by Gasteiger charge is 2.24. The van der Waals surface area contributed by atoms with Crippen LogP contribution in [0, 0.1) is 0 Å². The quantitative estimate of drug-likeness (QED) is 0.0959. The molecule has 0 atom stereocenters. The lowest BCUT2D eigenvalue weighted by atomic mass is 9.99. The molecule has 0 N–H and O–H groups in total. The minimum atomic E-state index is 0.626. The number of nitrogens with zero attached hydrogens (tertiary/aromatic N) is 11. The summed E-state index contributed by atoms with van der Waals surface area (Å²) in [5.41, 5.74) is 25.5. The van der Waals surface area contributed by atoms with Crippen LogP contribution in [0.15, 0.2) is 496 Å². The van der Waals surface area contributed by atoms with E-state index in [4.69, 9.17) is 54.3 Å². The highest BCUT2D eigenvalue weighted by Crippen LogP contribution is 2.46. The van der Waals surface area contributed by atoms with Crippen molar-refractivity contribution < 1.29 is 4.42 Å². The van der Waals surface area contributed by atoms with Crippen LogP contribution >= 0.6 is 22.7 Å². The van der Waals surface area contributed by atoms with Crippen molar-refractivity contribution in [1.29, 1.82) is 0 Å². The first-order valence-corrected chi connectivity index (χ1v) is 50.3. The second-order valence-electron chi connectivity index (χ2n) is 36.4. The van der Waals surface area contributed by atoms with Crippen molar-refractivity contribution in [3.63, 3.8) is 0 Å². The molecule has 29 aromatic rings. The molecule has 0 aliphatic carbocycles. The Morgan fingerprint density at radius 1 is 0.185 bits per heavy atom. The maximum absolute atomic E-state index is 6.38. The fraction of sp³-hybridized carbons (Fsp3) is 0. The Kier molecular flexibility index (Phi) is 21.7. The molecule has 0 amide bonds. The molecular weight excluding hydrogens is 1820 g/mol. The van der Waals surface area contributed by atoms with Crippen molar-refractivity contribution in [1.82, 2.24) is 54.4 Å². The monoisotopic (exact) mass is 1900 g/mol. The molecule has 29 rings (SSSR count). The van der Waals surface area contributed by atoms with Gasteiger partial charge in [0, 0.05) is 99.4 Å². The van der Waals surface area contributed by atoms with E-state index in [-0.39, 0.29) is 0 Å². The zero-order valence-electron chi connectivity index (χ0n) is 78.4. The summed E-state index contributed by atoms with van der Waals surface area (Å²) in [6, 6.07) is 171. The van der Waals surface area contributed by atoms with E-state index in [1.54, 1.807) is 22.7 Å². The molecular formula is C132H81N11OS2. The Hall–Kier alpha value is -19.1. The molecule has 7 aromatic heterocycles. The van der Waals surface area contributed by atoms with Gasteiger partial charge in [0.2, 0.25) is 5.89 Å². The van der Waals surface area contributed by atoms with Gasteiger partial charge >= 0.3 is 0 Å². The van der Waals surface area contributed by atoms with Crippen LogP contribution in [-0.4, -0.2) is 54.4 Å². The smallest absolute Gasteiger partial charge is 0.227 e. The van der Waals surface area contributed by atoms with Gasteiger partial charge in [-0.2, -0.15) is 0 Å². The molecule has 0 fully saturated rings. The van der Waals surface area contributed by atoms with Gasteiger partial charge in [0.05, 0.1) is 54.2 Å². The van der Waals surface area contributed by atoms with Crippen molar-refractivity contribution in [2.24, 2.45) is 0 Å². The molecule has 146 heavy (non-hydrogen) atoms. The fourth-order valence-electron chi connectivity index (χ4n) is 20.2. The summed E-state index contributed by atoms with van der Waals surface area (Å²) in [7, 11) is 0. The molecule has 0 aliphatic heterocycles. The third-order valence-electron chi connectivity index (χ3n) is 27.4. The third kappa shape index (κ3) is 16.2. The Morgan fingerprint density at radius 3 is 0.979 bits per heavy atom. The topological polar surface area (TPSA) is 147 Å². The van der Waals surface area contributed by atoms with Gasteiger partial charge in [-0.15, -0.1) is 22.7 Å². The average Bonchev–Trinajstić information content (AvgIpc) is 1.57. The standard InChI is InChI=1S/C49H30N4S.C46H28N4S.C37H23N3O/c1-4-12-31(13-5-1)41-30-42(32-14-6-2-7-15-32)51-48(50-41)35-22-25-38-34(28-35)21-20-33-24-27-45-47(46(33)38)52-49(54-45)36-23-26-40-39-18-10-11-19-43(39)53(44(40)29-36)37-16-8-3-9-17-37;1-4-10-29(11-5-1)34-19-16-30-17-21-37(28-38(30)26-34)46-47-42-40(51-46)25-23-31-18-20-35-27-36(22-24-39(35)41(31)42)45-49-43(32-12-6-2-7-13-32)48-44(50-45)33-14-8-3-9-15-33;1-4-10-24(11-5-1)32-23-33(25-12-6-2-7-13-25)39-36(38-32)29-18-20-30-28(22-29)17-16-26-19-21-31-35(34(26)30)41-37(40-31)27-14-8-3-9-15-27/h1-30H;1-28H;1-23H. The normalized spacial score (nSPS) is 11.6. The predicted molar refractivity (Wildman–Crippen MR) is 605 cm³/mol. The molecule has 12 nitrogen and oxygen atoms in total. The van der Waals surface area contributed by atoms with Crippen LogP contribution in [-0.2, 0) is 0 Å². The third-order valence-corrected chi connectivity index (χ3v) is 29.6. The van der Waals surface area contributed by atoms with E-state index in [1.165, 1.54) is 74.6 Å². The first kappa shape index (κ1) is 86.0. The van der Waals surface area contributed by atoms with Gasteiger partial charge in [0.25, 0.3) is 0 Å². The highest BCUT2D eigenvalue weighted by molar-refractivity contribution is 7.22. The molecule has 0 unspecified atom stereocenters. The number of benzene rings is 22. The van der Waals surface area contributed by atoms with E-state index < -0.39 is 0 Å². The number of para-hydroxylation sites is 2. The zero-order chi connectivity index (χ0) is 96.5. The number of rotatable bonds is 14. The summed E-state index contributed by atoms with van der Waals surface area (Å²) in [4.78, 5) is 50.5. The lowest BCUT2D eigenvalue weighted by Gasteiger charge is -2.11. The second kappa shape index (κ2) is 36.8. The number of aromatic nitrogens is 11. The van der Waals surface area contributed by atoms with Gasteiger partial charge in [0.1, 0.15) is 15.5 Å². The van der Waals surface area contributed by atoms with Crippen LogP contribution in [0.25, 0.3) is 280 Å². The van der Waals surface area contributed by atoms with Crippen LogP contribution in [0.1, 0.15) is 0 Å². The minimum absolute atomic E-state index is 0.626. The van der Waals surface area contributed by atoms with E-state index >= 15 is 0 Å². The van der Waals surface area contributed by atoms with Gasteiger partial charge < -0.3 is 8.98 Å². The molecule has 14 heteroatoms. The number of hydrogen-bond acceptors (Lipinski definition) is 13. The van der Waals surface area contributed by atoms with Gasteiger partial charge in [-0.25, -0.2) is 49.8 Å². The molecule has 0 radical (unpaired) electrons. The van der Waals surface area contributed by atoms with Gasteiger partial charge in [-0.3, -0.25) is 0 Å². The highest BCUT2D eigenvalue weighted by atomic mass is 32.1. The summed E-state index contributed by atoms with van der Waals surface area (Å²) in [6.07, 6.45) is 0. The summed E-state index contributed by atoms with van der Waals surface area (Å²) in [5, 5.41) is 20.6. The van der Waals surface area contributed by atoms with Gasteiger partial charge in [-0.05, 0) is 167 Å². The summed E-state index contributed by atoms with van der Waals surface area (Å²) < 4.78 is 11.1. The summed E-state index contributed by atoms with van der Waals surface area (Å²) in [6.45, 7) is 0. The first-order valence-electron chi connectivity index (χ1n) is 48.7. The molecule has 682 valence electrons. The van der Waals surface area contributed by atoms with Crippen molar-refractivity contribution in [2.75, 3.05) is 0 Å². The first-order chi connectivity index (χ1) is 72.3. The SMILES string of the molecule is c1ccc(-c2cc(-c3ccccc3)nc(-c3ccc4c(ccc5ccc6nc(-c7ccccc7)oc6c54)c3)n2)cc1.c1ccc(-c2cc(-c3ccccc3)nc(-c3ccc4c(ccc5ccc6sc(-c7ccc8c9ccccc9n(-c9ccccc9)c8c7)nc6c54)c3)n2)cc1.c1ccc(-c2ccc3ccc(-c4nc5c(ccc6ccc7cc(-c8nc(-c9ccccc9)nc(-c9ccccc9)n8)ccc7c65)s4)cc3c2)cc1. The van der Waals surface area contributed by atoms with Crippen LogP contribution < -0.4 is 0 Å². The van der Waals surface area contributed by atoms with E-state index in [0.29, 0.717) is 35.0 Å². The van der Waals surface area contributed by atoms with Crippen molar-refractivity contribution in [3.05, 3.63) is 491 Å². The minimum Gasteiger partial charge on any atom is -0.435 e. The molecule has 0 bridgehead atoms. The van der Waals surface area contributed by atoms with E-state index in [9.17, 15) is 0 Å². The Balaban J connectivity index is 0.000000110. The Morgan fingerprint density at radius 2 is 0.507 bits per heavy atom. The predicted octanol–water partition coefficient (Wildman–Crippen LogP) is 35.0. The van der Waals surface area contributed by atoms with Crippen molar-refractivity contribution in [2.45, 2.75) is 0 Å². The van der Waals surface area contributed by atoms with E-state index in [0.717, 1.165) is 170 Å². The van der Waals surface area contributed by atoms with E-state index in [1.807, 2.05) is 170 Å². The van der Waals surface area contributed by atoms with Crippen molar-refractivity contribution >= 4 is 151 Å².